The molecule has 0 aliphatic heterocycles. The first-order chi connectivity index (χ1) is 6.22. The SMILES string of the molecule is [2H]/N=C\NCCCC(N[2H])C(C)=O. The van der Waals surface area contributed by atoms with Crippen LogP contribution in [0.1, 0.15) is 19.8 Å². The van der Waals surface area contributed by atoms with Crippen LogP contribution in [0.15, 0.2) is 0 Å². The molecule has 0 bridgehead atoms. The first-order valence-electron chi connectivity index (χ1n) is 4.54. The number of hydrogen-bond acceptors (Lipinski definition) is 3. The summed E-state index contributed by atoms with van der Waals surface area (Å²) >= 11 is 0. The van der Waals surface area contributed by atoms with Crippen molar-refractivity contribution >= 4 is 12.1 Å². The van der Waals surface area contributed by atoms with Gasteiger partial charge in [-0.3, -0.25) is 10.2 Å². The summed E-state index contributed by atoms with van der Waals surface area (Å²) in [6, 6.07) is -0.380. The van der Waals surface area contributed by atoms with Gasteiger partial charge >= 0.3 is 0 Å². The highest BCUT2D eigenvalue weighted by molar-refractivity contribution is 5.81. The van der Waals surface area contributed by atoms with Crippen LogP contribution in [0.4, 0.5) is 0 Å². The molecule has 0 fully saturated rings. The van der Waals surface area contributed by atoms with Gasteiger partial charge in [0.1, 0.15) is 7.20 Å². The zero-order chi connectivity index (χ0) is 10.1. The number of ketones is 1. The summed E-state index contributed by atoms with van der Waals surface area (Å²) in [5.74, 6) is -0.0239. The third-order valence-electron chi connectivity index (χ3n) is 1.40. The van der Waals surface area contributed by atoms with Crippen LogP contribution in [0.2, 0.25) is 2.82 Å². The van der Waals surface area contributed by atoms with Crippen LogP contribution in [0.25, 0.3) is 0 Å². The first-order valence-corrected chi connectivity index (χ1v) is 3.59. The van der Waals surface area contributed by atoms with E-state index in [1.807, 2.05) is 0 Å². The second-order valence-electron chi connectivity index (χ2n) is 2.39. The van der Waals surface area contributed by atoms with Crippen molar-refractivity contribution in [2.75, 3.05) is 6.54 Å². The van der Waals surface area contributed by atoms with E-state index in [0.717, 1.165) is 6.42 Å². The molecular formula is C7H15N3O. The smallest absolute Gasteiger partial charge is 0.189 e. The summed E-state index contributed by atoms with van der Waals surface area (Å²) in [7, 11) is 0. The van der Waals surface area contributed by atoms with Crippen LogP contribution < -0.4 is 11.0 Å². The maximum Gasteiger partial charge on any atom is 0.189 e. The molecule has 11 heavy (non-hydrogen) atoms. The lowest BCUT2D eigenvalue weighted by Crippen LogP contribution is -2.29. The van der Waals surface area contributed by atoms with Gasteiger partial charge in [-0.05, 0) is 19.8 Å². The van der Waals surface area contributed by atoms with Gasteiger partial charge in [0.05, 0.1) is 12.4 Å². The fraction of sp³-hybridized carbons (Fsp3) is 0.714. The standard InChI is InChI=1S/C7H15N3O/c1-6(11)7(9)3-2-4-10-5-8/h5,7H,2-4,9H2,1H3,(H2,8,10)/i/hD2. The van der Waals surface area contributed by atoms with Crippen LogP contribution in [0, 0.1) is 5.40 Å². The Morgan fingerprint density at radius 3 is 3.45 bits per heavy atom. The lowest BCUT2D eigenvalue weighted by atomic mass is 10.1. The fourth-order valence-electron chi connectivity index (χ4n) is 0.676. The van der Waals surface area contributed by atoms with Crippen LogP contribution in [-0.4, -0.2) is 24.7 Å². The quantitative estimate of drug-likeness (QED) is 0.275. The zero-order valence-corrected chi connectivity index (χ0v) is 6.63. The first kappa shape index (κ1) is 6.79. The van der Waals surface area contributed by atoms with Gasteiger partial charge in [0.15, 0.2) is 1.41 Å². The van der Waals surface area contributed by atoms with E-state index in [4.69, 9.17) is 2.82 Å². The molecule has 0 saturated carbocycles. The topological polar surface area (TPSA) is 79.0 Å². The molecule has 4 nitrogen and oxygen atoms in total. The summed E-state index contributed by atoms with van der Waals surface area (Å²) in [6.45, 7) is 2.12. The average molecular weight is 159 g/mol. The van der Waals surface area contributed by atoms with E-state index in [2.05, 4.69) is 16.4 Å². The molecule has 4 heteroatoms. The van der Waals surface area contributed by atoms with E-state index in [1.165, 1.54) is 13.3 Å². The summed E-state index contributed by atoms with van der Waals surface area (Å²) < 4.78 is 13.3. The summed E-state index contributed by atoms with van der Waals surface area (Å²) in [5.41, 5.74) is 2.19. The maximum absolute atomic E-state index is 10.8. The van der Waals surface area contributed by atoms with Crippen molar-refractivity contribution in [2.24, 2.45) is 5.73 Å². The number of rotatable bonds is 7. The van der Waals surface area contributed by atoms with Crippen molar-refractivity contribution in [3.8, 4) is 0 Å². The predicted octanol–water partition coefficient (Wildman–Crippen LogP) is -0.120. The fourth-order valence-corrected chi connectivity index (χ4v) is 0.676. The number of hydrogen-bond donors (Lipinski definition) is 3. The van der Waals surface area contributed by atoms with Crippen molar-refractivity contribution in [3.05, 3.63) is 0 Å². The van der Waals surface area contributed by atoms with Crippen LogP contribution in [-0.2, 0) is 4.79 Å². The largest absolute Gasteiger partial charge is 0.377 e. The minimum atomic E-state index is -0.380. The molecule has 0 aliphatic carbocycles. The lowest BCUT2D eigenvalue weighted by Gasteiger charge is -2.06. The number of nitrogens with one attached hydrogen (secondary N) is 2. The highest BCUT2D eigenvalue weighted by Crippen LogP contribution is 1.93. The average Bonchev–Trinajstić information content (AvgIpc) is 2.10. The monoisotopic (exact) mass is 159 g/mol. The normalized spacial score (nSPS) is 15.7. The summed E-state index contributed by atoms with van der Waals surface area (Å²) in [6.07, 6.45) is 2.68. The summed E-state index contributed by atoms with van der Waals surface area (Å²) in [5, 5.41) is 5.78. The van der Waals surface area contributed by atoms with Crippen molar-refractivity contribution in [3.63, 3.8) is 0 Å². The minimum absolute atomic E-state index is 0.0239. The van der Waals surface area contributed by atoms with E-state index < -0.39 is 0 Å². The molecule has 0 aromatic carbocycles. The molecule has 0 radical (unpaired) electrons. The molecular weight excluding hydrogens is 142 g/mol. The van der Waals surface area contributed by atoms with Gasteiger partial charge in [-0.15, -0.1) is 0 Å². The van der Waals surface area contributed by atoms with Gasteiger partial charge in [-0.2, -0.15) is 0 Å². The predicted molar refractivity (Wildman–Crippen MR) is 44.7 cm³/mol. The Labute approximate surface area is 69.6 Å². The molecule has 4 N–H and O–H groups in total. The van der Waals surface area contributed by atoms with Crippen molar-refractivity contribution in [1.82, 2.24) is 5.32 Å². The number of nitrogens with two attached hydrogens (primary N) is 1. The molecule has 0 heterocycles. The van der Waals surface area contributed by atoms with E-state index in [0.29, 0.717) is 13.0 Å². The molecule has 0 amide bonds. The van der Waals surface area contributed by atoms with Gasteiger partial charge in [0.2, 0.25) is 0 Å². The van der Waals surface area contributed by atoms with Gasteiger partial charge in [-0.25, -0.2) is 0 Å². The Morgan fingerprint density at radius 1 is 2.09 bits per heavy atom. The molecule has 0 spiro atoms. The maximum atomic E-state index is 10.8. The summed E-state index contributed by atoms with van der Waals surface area (Å²) in [4.78, 5) is 10.8. The Kier molecular flexibility index (Phi) is 3.61. The van der Waals surface area contributed by atoms with E-state index >= 15 is 0 Å². The molecule has 1 unspecified atom stereocenters. The van der Waals surface area contributed by atoms with Crippen molar-refractivity contribution in [1.29, 1.82) is 5.40 Å². The van der Waals surface area contributed by atoms with E-state index in [1.54, 1.807) is 0 Å². The Bertz CT molecular complexity index is 175. The Morgan fingerprint density at radius 2 is 2.91 bits per heavy atom. The minimum Gasteiger partial charge on any atom is -0.377 e. The third-order valence-corrected chi connectivity index (χ3v) is 1.40. The van der Waals surface area contributed by atoms with Crippen LogP contribution in [0.5, 0.6) is 0 Å². The Balaban J connectivity index is 3.44. The molecule has 64 valence electrons. The molecule has 0 aliphatic rings. The highest BCUT2D eigenvalue weighted by Gasteiger charge is 2.05. The van der Waals surface area contributed by atoms with E-state index in [-0.39, 0.29) is 11.8 Å². The number of carbonyl (C=O) groups excluding carboxylic acids is 1. The second-order valence-corrected chi connectivity index (χ2v) is 2.39. The lowest BCUT2D eigenvalue weighted by molar-refractivity contribution is -0.118. The van der Waals surface area contributed by atoms with E-state index in [9.17, 15) is 4.79 Å². The number of carbonyl (C=O) groups is 1. The molecule has 0 aromatic rings. The molecule has 0 aromatic heterocycles. The number of Topliss-reactive ketones (excluding diaryl/α,β-unsaturated/α-hetero) is 1. The van der Waals surface area contributed by atoms with Crippen molar-refractivity contribution in [2.45, 2.75) is 25.8 Å². The molecule has 1 atom stereocenters. The Hall–Kier alpha value is -0.900. The third kappa shape index (κ3) is 5.54. The van der Waals surface area contributed by atoms with Gasteiger partial charge in [0.25, 0.3) is 0 Å². The highest BCUT2D eigenvalue weighted by atomic mass is 16.1. The molecule has 0 rings (SSSR count). The zero-order valence-electron chi connectivity index (χ0n) is 8.63. The van der Waals surface area contributed by atoms with Crippen LogP contribution in [0.3, 0.4) is 0 Å². The molecule has 0 saturated heterocycles. The van der Waals surface area contributed by atoms with Gasteiger partial charge < -0.3 is 11.0 Å². The van der Waals surface area contributed by atoms with Gasteiger partial charge in [0, 0.05) is 6.54 Å². The van der Waals surface area contributed by atoms with Gasteiger partial charge in [-0.1, -0.05) is 0 Å². The van der Waals surface area contributed by atoms with Crippen LogP contribution >= 0.6 is 0 Å². The second kappa shape index (κ2) is 5.85. The van der Waals surface area contributed by atoms with Crippen molar-refractivity contribution < 1.29 is 7.62 Å².